The summed E-state index contributed by atoms with van der Waals surface area (Å²) in [5.74, 6) is -0.233. The molecule has 6 heteroatoms. The molecule has 1 aromatic heterocycles. The number of anilines is 1. The van der Waals surface area contributed by atoms with Gasteiger partial charge < -0.3 is 5.32 Å². The van der Waals surface area contributed by atoms with Crippen molar-refractivity contribution >= 4 is 40.9 Å². The first-order valence-electron chi connectivity index (χ1n) is 5.93. The van der Waals surface area contributed by atoms with Gasteiger partial charge in [-0.1, -0.05) is 29.3 Å². The molecule has 0 radical (unpaired) electrons. The van der Waals surface area contributed by atoms with Crippen molar-refractivity contribution in [3.8, 4) is 0 Å². The summed E-state index contributed by atoms with van der Waals surface area (Å²) in [6.45, 7) is 3.67. The molecule has 0 bridgehead atoms. The summed E-state index contributed by atoms with van der Waals surface area (Å²) in [6, 6.07) is 5.17. The first kappa shape index (κ1) is 14.6. The fourth-order valence-corrected chi connectivity index (χ4v) is 1.99. The molecular weight excluding hydrogens is 297 g/mol. The number of hydrogen-bond acceptors (Lipinski definition) is 2. The van der Waals surface area contributed by atoms with E-state index in [4.69, 9.17) is 23.2 Å². The summed E-state index contributed by atoms with van der Waals surface area (Å²) in [7, 11) is 0. The third-order valence-corrected chi connectivity index (χ3v) is 3.49. The van der Waals surface area contributed by atoms with Crippen LogP contribution in [0.4, 0.5) is 5.69 Å². The van der Waals surface area contributed by atoms with Crippen LogP contribution < -0.4 is 5.32 Å². The Kier molecular flexibility index (Phi) is 4.47. The van der Waals surface area contributed by atoms with Crippen molar-refractivity contribution < 1.29 is 4.79 Å². The second-order valence-corrected chi connectivity index (χ2v) is 5.12. The lowest BCUT2D eigenvalue weighted by Gasteiger charge is -2.01. The zero-order valence-electron chi connectivity index (χ0n) is 11.0. The number of rotatable bonds is 3. The normalized spacial score (nSPS) is 11.0. The molecule has 0 aliphatic heterocycles. The number of aromatic nitrogens is 2. The van der Waals surface area contributed by atoms with Crippen LogP contribution >= 0.6 is 23.2 Å². The van der Waals surface area contributed by atoms with Gasteiger partial charge in [-0.15, -0.1) is 0 Å². The van der Waals surface area contributed by atoms with Crippen molar-refractivity contribution in [3.05, 3.63) is 51.3 Å². The molecule has 2 rings (SSSR count). The van der Waals surface area contributed by atoms with Crippen molar-refractivity contribution in [1.82, 2.24) is 10.2 Å². The Morgan fingerprint density at radius 3 is 2.65 bits per heavy atom. The lowest BCUT2D eigenvalue weighted by molar-refractivity contribution is -0.111. The molecule has 20 heavy (non-hydrogen) atoms. The molecule has 4 nitrogen and oxygen atoms in total. The fraction of sp³-hybridized carbons (Fsp3) is 0.143. The number of benzene rings is 1. The van der Waals surface area contributed by atoms with Gasteiger partial charge in [-0.2, -0.15) is 5.10 Å². The predicted octanol–water partition coefficient (Wildman–Crippen LogP) is 3.99. The Morgan fingerprint density at radius 2 is 2.05 bits per heavy atom. The monoisotopic (exact) mass is 309 g/mol. The third-order valence-electron chi connectivity index (χ3n) is 2.75. The Balaban J connectivity index is 2.08. The van der Waals surface area contributed by atoms with Crippen LogP contribution in [0.5, 0.6) is 0 Å². The number of carbonyl (C=O) groups is 1. The topological polar surface area (TPSA) is 57.8 Å². The molecule has 1 aromatic carbocycles. The summed E-state index contributed by atoms with van der Waals surface area (Å²) in [4.78, 5) is 11.8. The van der Waals surface area contributed by atoms with Gasteiger partial charge in [-0.3, -0.25) is 9.89 Å². The minimum absolute atomic E-state index is 0.233. The maximum Gasteiger partial charge on any atom is 0.248 e. The molecule has 1 amide bonds. The first-order valence-corrected chi connectivity index (χ1v) is 6.68. The van der Waals surface area contributed by atoms with E-state index in [1.54, 1.807) is 24.3 Å². The maximum absolute atomic E-state index is 11.8. The summed E-state index contributed by atoms with van der Waals surface area (Å²) < 4.78 is 0. The number of carbonyl (C=O) groups excluding carboxylic acids is 1. The highest BCUT2D eigenvalue weighted by Crippen LogP contribution is 2.23. The van der Waals surface area contributed by atoms with Gasteiger partial charge in [0.25, 0.3) is 0 Å². The summed E-state index contributed by atoms with van der Waals surface area (Å²) in [6.07, 6.45) is 3.10. The van der Waals surface area contributed by atoms with Crippen molar-refractivity contribution in [2.75, 3.05) is 5.32 Å². The Morgan fingerprint density at radius 1 is 1.30 bits per heavy atom. The van der Waals surface area contributed by atoms with Gasteiger partial charge in [0.15, 0.2) is 0 Å². The van der Waals surface area contributed by atoms with Crippen molar-refractivity contribution in [1.29, 1.82) is 0 Å². The molecule has 0 spiro atoms. The van der Waals surface area contributed by atoms with E-state index >= 15 is 0 Å². The molecule has 104 valence electrons. The lowest BCUT2D eigenvalue weighted by Crippen LogP contribution is -2.09. The van der Waals surface area contributed by atoms with Gasteiger partial charge in [0.05, 0.1) is 27.1 Å². The average molecular weight is 310 g/mol. The first-order chi connectivity index (χ1) is 9.47. The number of nitrogens with one attached hydrogen (secondary N) is 2. The third kappa shape index (κ3) is 3.40. The van der Waals surface area contributed by atoms with Crippen LogP contribution in [0.3, 0.4) is 0 Å². The van der Waals surface area contributed by atoms with E-state index in [-0.39, 0.29) is 5.91 Å². The Hall–Kier alpha value is -1.78. The summed E-state index contributed by atoms with van der Waals surface area (Å²) in [5, 5.41) is 10.5. The predicted molar refractivity (Wildman–Crippen MR) is 82.2 cm³/mol. The van der Waals surface area contributed by atoms with Crippen LogP contribution in [0.2, 0.25) is 10.0 Å². The quantitative estimate of drug-likeness (QED) is 0.842. The molecule has 1 heterocycles. The molecule has 0 saturated carbocycles. The SMILES string of the molecule is Cc1n[nH]c(C)c1NC(=O)/C=C/c1ccc(Cl)c(Cl)c1. The highest BCUT2D eigenvalue weighted by atomic mass is 35.5. The molecule has 0 fully saturated rings. The van der Waals surface area contributed by atoms with Crippen molar-refractivity contribution in [2.24, 2.45) is 0 Å². The van der Waals surface area contributed by atoms with Gasteiger partial charge in [0.1, 0.15) is 0 Å². The van der Waals surface area contributed by atoms with E-state index in [0.29, 0.717) is 15.7 Å². The number of amides is 1. The molecule has 0 atom stereocenters. The smallest absolute Gasteiger partial charge is 0.248 e. The number of nitrogens with zero attached hydrogens (tertiary/aromatic N) is 1. The van der Waals surface area contributed by atoms with Crippen LogP contribution in [-0.4, -0.2) is 16.1 Å². The van der Waals surface area contributed by atoms with E-state index in [1.807, 2.05) is 13.8 Å². The molecular formula is C14H13Cl2N3O. The van der Waals surface area contributed by atoms with Crippen LogP contribution in [-0.2, 0) is 4.79 Å². The van der Waals surface area contributed by atoms with Gasteiger partial charge in [-0.05, 0) is 37.6 Å². The van der Waals surface area contributed by atoms with Crippen molar-refractivity contribution in [3.63, 3.8) is 0 Å². The van der Waals surface area contributed by atoms with Gasteiger partial charge in [0.2, 0.25) is 5.91 Å². The van der Waals surface area contributed by atoms with Gasteiger partial charge in [0, 0.05) is 6.08 Å². The minimum atomic E-state index is -0.233. The number of halogens is 2. The van der Waals surface area contributed by atoms with Crippen LogP contribution in [0.1, 0.15) is 17.0 Å². The standard InChI is InChI=1S/C14H13Cl2N3O/c1-8-14(9(2)19-18-8)17-13(20)6-4-10-3-5-11(15)12(16)7-10/h3-7H,1-2H3,(H,17,20)(H,18,19)/b6-4+. The molecule has 0 aliphatic carbocycles. The Bertz CT molecular complexity index is 658. The number of H-pyrrole nitrogens is 1. The maximum atomic E-state index is 11.8. The van der Waals surface area contributed by atoms with Gasteiger partial charge in [-0.25, -0.2) is 0 Å². The molecule has 2 N–H and O–H groups in total. The Labute approximate surface area is 126 Å². The largest absolute Gasteiger partial charge is 0.319 e. The van der Waals surface area contributed by atoms with Crippen LogP contribution in [0.15, 0.2) is 24.3 Å². The molecule has 0 unspecified atom stereocenters. The fourth-order valence-electron chi connectivity index (χ4n) is 1.69. The van der Waals surface area contributed by atoms with E-state index in [9.17, 15) is 4.79 Å². The van der Waals surface area contributed by atoms with E-state index in [0.717, 1.165) is 17.0 Å². The molecule has 2 aromatic rings. The summed E-state index contributed by atoms with van der Waals surface area (Å²) >= 11 is 11.7. The zero-order chi connectivity index (χ0) is 14.7. The minimum Gasteiger partial charge on any atom is -0.319 e. The lowest BCUT2D eigenvalue weighted by atomic mass is 10.2. The zero-order valence-corrected chi connectivity index (χ0v) is 12.5. The number of hydrogen-bond donors (Lipinski definition) is 2. The molecule has 0 aliphatic rings. The number of aryl methyl sites for hydroxylation is 2. The van der Waals surface area contributed by atoms with Gasteiger partial charge >= 0.3 is 0 Å². The van der Waals surface area contributed by atoms with Crippen LogP contribution in [0, 0.1) is 13.8 Å². The van der Waals surface area contributed by atoms with Crippen LogP contribution in [0.25, 0.3) is 6.08 Å². The second-order valence-electron chi connectivity index (χ2n) is 4.31. The number of aromatic amines is 1. The van der Waals surface area contributed by atoms with E-state index < -0.39 is 0 Å². The average Bonchev–Trinajstić information content (AvgIpc) is 2.72. The van der Waals surface area contributed by atoms with E-state index in [1.165, 1.54) is 6.08 Å². The summed E-state index contributed by atoms with van der Waals surface area (Å²) in [5.41, 5.74) is 3.07. The van der Waals surface area contributed by atoms with Crippen molar-refractivity contribution in [2.45, 2.75) is 13.8 Å². The highest BCUT2D eigenvalue weighted by molar-refractivity contribution is 6.42. The molecule has 0 saturated heterocycles. The second kappa shape index (κ2) is 6.11. The van der Waals surface area contributed by atoms with E-state index in [2.05, 4.69) is 15.5 Å². The highest BCUT2D eigenvalue weighted by Gasteiger charge is 2.07.